The van der Waals surface area contributed by atoms with E-state index >= 15 is 0 Å². The maximum atomic E-state index is 10.9. The van der Waals surface area contributed by atoms with Crippen molar-refractivity contribution in [2.45, 2.75) is 19.9 Å². The number of rotatable bonds is 8. The van der Waals surface area contributed by atoms with Gasteiger partial charge in [-0.3, -0.25) is 9.79 Å². The van der Waals surface area contributed by atoms with E-state index < -0.39 is 5.97 Å². The largest absolute Gasteiger partial charge is 0.481 e. The summed E-state index contributed by atoms with van der Waals surface area (Å²) in [6, 6.07) is 21.0. The lowest BCUT2D eigenvalue weighted by Gasteiger charge is -2.11. The first kappa shape index (κ1) is 21.9. The van der Waals surface area contributed by atoms with Gasteiger partial charge in [0.15, 0.2) is 0 Å². The van der Waals surface area contributed by atoms with E-state index in [1.54, 1.807) is 18.4 Å². The quantitative estimate of drug-likeness (QED) is 0.317. The maximum absolute atomic E-state index is 10.9. The maximum Gasteiger partial charge on any atom is 0.307 e. The third-order valence-electron chi connectivity index (χ3n) is 5.33. The molecule has 3 aromatic carbocycles. The molecule has 4 N–H and O–H groups in total. The number of ether oxygens (including phenoxy) is 1. The number of aliphatic carboxylic acids is 1. The van der Waals surface area contributed by atoms with Crippen molar-refractivity contribution in [2.75, 3.05) is 0 Å². The van der Waals surface area contributed by atoms with E-state index in [1.807, 2.05) is 73.8 Å². The van der Waals surface area contributed by atoms with E-state index in [0.717, 1.165) is 38.9 Å². The van der Waals surface area contributed by atoms with Gasteiger partial charge < -0.3 is 20.6 Å². The Hall–Kier alpha value is -4.32. The predicted octanol–water partition coefficient (Wildman–Crippen LogP) is 5.47. The van der Waals surface area contributed by atoms with Gasteiger partial charge in [0.1, 0.15) is 11.5 Å². The molecule has 0 saturated heterocycles. The molecule has 0 unspecified atom stereocenters. The van der Waals surface area contributed by atoms with Gasteiger partial charge in [0, 0.05) is 40.1 Å². The van der Waals surface area contributed by atoms with E-state index in [9.17, 15) is 4.79 Å². The monoisotopic (exact) mass is 439 g/mol. The Labute approximate surface area is 192 Å². The number of aromatic amines is 1. The van der Waals surface area contributed by atoms with Gasteiger partial charge in [-0.2, -0.15) is 0 Å². The Morgan fingerprint density at radius 3 is 2.76 bits per heavy atom. The van der Waals surface area contributed by atoms with Crippen LogP contribution in [0.15, 0.2) is 84.0 Å². The van der Waals surface area contributed by atoms with Gasteiger partial charge in [0.2, 0.25) is 0 Å². The third-order valence-corrected chi connectivity index (χ3v) is 5.33. The zero-order valence-corrected chi connectivity index (χ0v) is 18.3. The minimum atomic E-state index is -0.849. The third kappa shape index (κ3) is 5.49. The van der Waals surface area contributed by atoms with Crippen molar-refractivity contribution in [3.8, 4) is 11.5 Å². The number of nitrogens with two attached hydrogens (primary N) is 1. The Bertz CT molecular complexity index is 1350. The lowest BCUT2D eigenvalue weighted by Crippen LogP contribution is -2.00. The van der Waals surface area contributed by atoms with E-state index in [1.165, 1.54) is 0 Å². The standard InChI is InChI=1S/C27H25N3O3/c1-18-23-10-13-30-25(23)8-9-26(18)33-22-7-3-6-21(16-22)24(28)11-12-29-17-20-5-2-4-19(14-20)15-27(31)32/h2-14,16,30H,15,17,28H2,1H3,(H,31,32)/b24-11-,29-12?. The molecule has 33 heavy (non-hydrogen) atoms. The van der Waals surface area contributed by atoms with Crippen molar-refractivity contribution in [2.24, 2.45) is 10.7 Å². The van der Waals surface area contributed by atoms with Crippen molar-refractivity contribution in [1.82, 2.24) is 4.98 Å². The minimum absolute atomic E-state index is 0.00138. The summed E-state index contributed by atoms with van der Waals surface area (Å²) >= 11 is 0. The number of nitrogens with one attached hydrogen (secondary N) is 1. The molecule has 6 nitrogen and oxygen atoms in total. The fraction of sp³-hybridized carbons (Fsp3) is 0.111. The predicted molar refractivity (Wildman–Crippen MR) is 132 cm³/mol. The molecule has 1 aromatic heterocycles. The number of carboxylic acids is 1. The van der Waals surface area contributed by atoms with Crippen LogP contribution in [0.25, 0.3) is 16.6 Å². The van der Waals surface area contributed by atoms with Crippen molar-refractivity contribution >= 4 is 28.8 Å². The molecular weight excluding hydrogens is 414 g/mol. The van der Waals surface area contributed by atoms with Gasteiger partial charge >= 0.3 is 5.97 Å². The van der Waals surface area contributed by atoms with Crippen molar-refractivity contribution in [3.63, 3.8) is 0 Å². The number of benzene rings is 3. The average molecular weight is 440 g/mol. The fourth-order valence-electron chi connectivity index (χ4n) is 3.64. The minimum Gasteiger partial charge on any atom is -0.481 e. The van der Waals surface area contributed by atoms with Gasteiger partial charge in [-0.15, -0.1) is 0 Å². The summed E-state index contributed by atoms with van der Waals surface area (Å²) in [5, 5.41) is 10.1. The zero-order valence-electron chi connectivity index (χ0n) is 18.3. The molecule has 0 amide bonds. The zero-order chi connectivity index (χ0) is 23.2. The number of aliphatic imine (C=N–C) groups is 1. The molecule has 4 aromatic rings. The van der Waals surface area contributed by atoms with Crippen LogP contribution >= 0.6 is 0 Å². The SMILES string of the molecule is Cc1c(Oc2cccc(/C(N)=C/C=NCc3cccc(CC(=O)O)c3)c2)ccc2[nH]ccc12. The van der Waals surface area contributed by atoms with Crippen LogP contribution in [0, 0.1) is 6.92 Å². The van der Waals surface area contributed by atoms with E-state index in [2.05, 4.69) is 9.98 Å². The topological polar surface area (TPSA) is 101 Å². The van der Waals surface area contributed by atoms with Gasteiger partial charge in [-0.1, -0.05) is 36.4 Å². The van der Waals surface area contributed by atoms with Crippen LogP contribution in [-0.2, 0) is 17.8 Å². The van der Waals surface area contributed by atoms with Crippen LogP contribution in [0.1, 0.15) is 22.3 Å². The molecular formula is C27H25N3O3. The van der Waals surface area contributed by atoms with Gasteiger partial charge in [0.25, 0.3) is 0 Å². The first-order chi connectivity index (χ1) is 16.0. The molecule has 166 valence electrons. The number of aryl methyl sites for hydroxylation is 1. The van der Waals surface area contributed by atoms with Crippen LogP contribution < -0.4 is 10.5 Å². The Morgan fingerprint density at radius 1 is 1.09 bits per heavy atom. The summed E-state index contributed by atoms with van der Waals surface area (Å²) < 4.78 is 6.13. The van der Waals surface area contributed by atoms with E-state index in [0.29, 0.717) is 18.0 Å². The number of H-pyrrole nitrogens is 1. The summed E-state index contributed by atoms with van der Waals surface area (Å²) in [5.74, 6) is 0.653. The fourth-order valence-corrected chi connectivity index (χ4v) is 3.64. The molecule has 0 aliphatic heterocycles. The van der Waals surface area contributed by atoms with Gasteiger partial charge in [-0.05, 0) is 54.5 Å². The Balaban J connectivity index is 1.43. The molecule has 0 fully saturated rings. The summed E-state index contributed by atoms with van der Waals surface area (Å²) in [5.41, 5.74) is 11.5. The number of allylic oxidation sites excluding steroid dienone is 1. The van der Waals surface area contributed by atoms with Gasteiger partial charge in [-0.25, -0.2) is 0 Å². The van der Waals surface area contributed by atoms with Gasteiger partial charge in [0.05, 0.1) is 13.0 Å². The second kappa shape index (κ2) is 9.87. The number of fused-ring (bicyclic) bond motifs is 1. The highest BCUT2D eigenvalue weighted by atomic mass is 16.5. The Morgan fingerprint density at radius 2 is 1.91 bits per heavy atom. The van der Waals surface area contributed by atoms with Crippen LogP contribution in [0.2, 0.25) is 0 Å². The molecule has 0 aliphatic carbocycles. The smallest absolute Gasteiger partial charge is 0.307 e. The molecule has 0 spiro atoms. The molecule has 0 saturated carbocycles. The number of nitrogens with zero attached hydrogens (tertiary/aromatic N) is 1. The Kier molecular flexibility index (Phi) is 6.55. The molecule has 0 bridgehead atoms. The van der Waals surface area contributed by atoms with Crippen molar-refractivity contribution in [1.29, 1.82) is 0 Å². The van der Waals surface area contributed by atoms with Crippen LogP contribution in [-0.4, -0.2) is 22.3 Å². The molecule has 0 radical (unpaired) electrons. The van der Waals surface area contributed by atoms with Crippen molar-refractivity contribution < 1.29 is 14.6 Å². The number of hydrogen-bond acceptors (Lipinski definition) is 4. The van der Waals surface area contributed by atoms with Crippen molar-refractivity contribution in [3.05, 3.63) is 101 Å². The summed E-state index contributed by atoms with van der Waals surface area (Å²) in [6.07, 6.45) is 5.33. The normalized spacial score (nSPS) is 11.8. The average Bonchev–Trinajstić information content (AvgIpc) is 3.28. The second-order valence-electron chi connectivity index (χ2n) is 7.76. The van der Waals surface area contributed by atoms with E-state index in [-0.39, 0.29) is 6.42 Å². The number of carboxylic acid groups (broad SMARTS) is 1. The molecule has 4 rings (SSSR count). The molecule has 0 atom stereocenters. The lowest BCUT2D eigenvalue weighted by atomic mass is 10.1. The first-order valence-corrected chi connectivity index (χ1v) is 10.6. The number of carbonyl (C=O) groups is 1. The molecule has 6 heteroatoms. The van der Waals surface area contributed by atoms with Crippen LogP contribution in [0.5, 0.6) is 11.5 Å². The summed E-state index contributed by atoms with van der Waals surface area (Å²) in [4.78, 5) is 18.5. The molecule has 1 heterocycles. The van der Waals surface area contributed by atoms with Crippen LogP contribution in [0.4, 0.5) is 0 Å². The summed E-state index contributed by atoms with van der Waals surface area (Å²) in [7, 11) is 0. The highest BCUT2D eigenvalue weighted by Gasteiger charge is 2.07. The first-order valence-electron chi connectivity index (χ1n) is 10.6. The number of aromatic nitrogens is 1. The van der Waals surface area contributed by atoms with Crippen LogP contribution in [0.3, 0.4) is 0 Å². The van der Waals surface area contributed by atoms with E-state index in [4.69, 9.17) is 15.6 Å². The highest BCUT2D eigenvalue weighted by molar-refractivity contribution is 5.85. The second-order valence-corrected chi connectivity index (χ2v) is 7.76. The highest BCUT2D eigenvalue weighted by Crippen LogP contribution is 2.31. The number of hydrogen-bond donors (Lipinski definition) is 3. The lowest BCUT2D eigenvalue weighted by molar-refractivity contribution is -0.136. The molecule has 0 aliphatic rings. The summed E-state index contributed by atoms with van der Waals surface area (Å²) in [6.45, 7) is 2.48.